The maximum absolute atomic E-state index is 13.2. The molecule has 4 N–H and O–H groups in total. The van der Waals surface area contributed by atoms with Crippen LogP contribution in [0.5, 0.6) is 23.0 Å². The Morgan fingerprint density at radius 3 is 1.85 bits per heavy atom. The Morgan fingerprint density at radius 1 is 0.806 bits per heavy atom. The summed E-state index contributed by atoms with van der Waals surface area (Å²) < 4.78 is 77.8. The summed E-state index contributed by atoms with van der Waals surface area (Å²) in [7, 11) is 1.44. The van der Waals surface area contributed by atoms with Gasteiger partial charge in [0.1, 0.15) is 23.0 Å². The summed E-state index contributed by atoms with van der Waals surface area (Å²) in [6.07, 6.45) is -4.99. The van der Waals surface area contributed by atoms with Crippen molar-refractivity contribution < 1.29 is 70.7 Å². The fourth-order valence-electron chi connectivity index (χ4n) is 6.76. The molecular weight excluding hydrogens is 872 g/mol. The zero-order valence-electron chi connectivity index (χ0n) is 32.9. The number of aliphatic hydroxyl groups excluding tert-OH is 1. The van der Waals surface area contributed by atoms with Gasteiger partial charge in [-0.15, -0.1) is 13.2 Å². The number of carbonyl (C=O) groups is 4. The molecule has 0 aliphatic carbocycles. The van der Waals surface area contributed by atoms with Gasteiger partial charge in [-0.1, -0.05) is 23.2 Å². The van der Waals surface area contributed by atoms with Gasteiger partial charge in [0.05, 0.1) is 47.1 Å². The van der Waals surface area contributed by atoms with E-state index in [1.807, 2.05) is 0 Å². The molecule has 0 fully saturated rings. The molecule has 6 rings (SSSR count). The SMILES string of the molecule is COc1cc2c(C(C)C(=O)O)c(C)n(C(=O)c3ccc(OC(F)F)cc3)c2cc1Cl.Cc1c(CC(=O)NCCO)c2cc(O)c(Cl)cc2n1C(=O)c1ccc(OC(F)(F)F)cc1. The summed E-state index contributed by atoms with van der Waals surface area (Å²) in [5, 5.41) is 32.1. The van der Waals surface area contributed by atoms with Crippen LogP contribution >= 0.6 is 23.2 Å². The third kappa shape index (κ3) is 10.2. The molecule has 62 heavy (non-hydrogen) atoms. The van der Waals surface area contributed by atoms with E-state index in [0.29, 0.717) is 50.1 Å². The number of rotatable bonds is 12. The van der Waals surface area contributed by atoms with E-state index in [0.717, 1.165) is 12.1 Å². The first-order valence-corrected chi connectivity index (χ1v) is 18.9. The molecule has 4 aromatic carbocycles. The number of phenolic OH excluding ortho intramolecular Hbond substituents is 1. The quantitative estimate of drug-likeness (QED) is 0.0869. The van der Waals surface area contributed by atoms with Crippen LogP contribution in [0.4, 0.5) is 22.0 Å². The lowest BCUT2D eigenvalue weighted by atomic mass is 9.98. The van der Waals surface area contributed by atoms with Crippen molar-refractivity contribution in [2.75, 3.05) is 20.3 Å². The number of aliphatic carboxylic acids is 1. The third-order valence-corrected chi connectivity index (χ3v) is 10.2. The smallest absolute Gasteiger partial charge is 0.506 e. The Kier molecular flexibility index (Phi) is 14.4. The van der Waals surface area contributed by atoms with Crippen LogP contribution < -0.4 is 19.5 Å². The number of aliphatic hydroxyl groups is 1. The van der Waals surface area contributed by atoms with E-state index in [2.05, 4.69) is 14.8 Å². The summed E-state index contributed by atoms with van der Waals surface area (Å²) >= 11 is 12.3. The lowest BCUT2D eigenvalue weighted by Crippen LogP contribution is -2.28. The lowest BCUT2D eigenvalue weighted by Gasteiger charge is -2.11. The number of carboxylic acids is 1. The molecule has 6 aromatic rings. The van der Waals surface area contributed by atoms with Crippen molar-refractivity contribution in [2.24, 2.45) is 0 Å². The Bertz CT molecular complexity index is 2660. The number of ether oxygens (including phenoxy) is 3. The van der Waals surface area contributed by atoms with Crippen molar-refractivity contribution in [3.05, 3.63) is 116 Å². The number of fused-ring (bicyclic) bond motifs is 2. The predicted molar refractivity (Wildman–Crippen MR) is 217 cm³/mol. The van der Waals surface area contributed by atoms with Crippen LogP contribution in [0.15, 0.2) is 72.8 Å². The van der Waals surface area contributed by atoms with Gasteiger partial charge in [0.15, 0.2) is 0 Å². The van der Waals surface area contributed by atoms with E-state index in [1.165, 1.54) is 77.8 Å². The molecule has 13 nitrogen and oxygen atoms in total. The number of amides is 1. The Morgan fingerprint density at radius 2 is 1.34 bits per heavy atom. The van der Waals surface area contributed by atoms with E-state index in [-0.39, 0.29) is 52.2 Å². The van der Waals surface area contributed by atoms with Crippen molar-refractivity contribution in [2.45, 2.75) is 46.1 Å². The van der Waals surface area contributed by atoms with Gasteiger partial charge < -0.3 is 34.8 Å². The van der Waals surface area contributed by atoms with Gasteiger partial charge in [0.25, 0.3) is 11.8 Å². The second kappa shape index (κ2) is 19.1. The molecule has 0 aliphatic rings. The molecular formula is C42H36Cl2F5N3O10. The fourth-order valence-corrected chi connectivity index (χ4v) is 7.15. The largest absolute Gasteiger partial charge is 0.573 e. The first-order valence-electron chi connectivity index (χ1n) is 18.2. The molecule has 20 heteroatoms. The van der Waals surface area contributed by atoms with Crippen LogP contribution in [0, 0.1) is 13.8 Å². The van der Waals surface area contributed by atoms with Crippen molar-refractivity contribution in [1.29, 1.82) is 0 Å². The number of phenols is 1. The molecule has 0 saturated heterocycles. The Labute approximate surface area is 358 Å². The van der Waals surface area contributed by atoms with Crippen LogP contribution in [0.3, 0.4) is 0 Å². The van der Waals surface area contributed by atoms with E-state index in [4.69, 9.17) is 33.0 Å². The van der Waals surface area contributed by atoms with E-state index in [9.17, 15) is 51.3 Å². The molecule has 2 heterocycles. The predicted octanol–water partition coefficient (Wildman–Crippen LogP) is 8.64. The van der Waals surface area contributed by atoms with Gasteiger partial charge >= 0.3 is 18.9 Å². The zero-order chi connectivity index (χ0) is 45.8. The normalized spacial score (nSPS) is 11.9. The summed E-state index contributed by atoms with van der Waals surface area (Å²) in [6, 6.07) is 15.5. The molecule has 2 aromatic heterocycles. The number of hydrogen-bond acceptors (Lipinski definition) is 9. The minimum absolute atomic E-state index is 0.0192. The van der Waals surface area contributed by atoms with E-state index >= 15 is 0 Å². The van der Waals surface area contributed by atoms with E-state index in [1.54, 1.807) is 19.9 Å². The van der Waals surface area contributed by atoms with Crippen LogP contribution in [0.2, 0.25) is 10.0 Å². The summed E-state index contributed by atoms with van der Waals surface area (Å²) in [6.45, 7) is 1.60. The molecule has 0 aliphatic heterocycles. The standard InChI is InChI=1S/C21H18ClF3N2O5.C21H18ClF2NO5/c1-11-14(9-19(30)26-6-7-28)15-8-18(29)16(22)10-17(15)27(11)20(31)12-2-4-13(5-3-12)32-21(23,24)25;1-10(20(27)28)18-11(2)25(16-9-15(22)17(29-3)8-14(16)18)19(26)12-4-6-13(7-5-12)30-21(23)24/h2-5,8,10,28-29H,6-7,9H2,1H3,(H,26,30);4-10,21H,1-3H3,(H,27,28). The number of carboxylic acid groups (broad SMARTS) is 1. The third-order valence-electron chi connectivity index (χ3n) is 9.57. The van der Waals surface area contributed by atoms with Gasteiger partial charge in [-0.25, -0.2) is 0 Å². The van der Waals surface area contributed by atoms with Crippen molar-refractivity contribution in [3.8, 4) is 23.0 Å². The fraction of sp³-hybridized carbons (Fsp3) is 0.238. The number of aromatic hydroxyl groups is 1. The first-order chi connectivity index (χ1) is 29.2. The highest BCUT2D eigenvalue weighted by atomic mass is 35.5. The highest BCUT2D eigenvalue weighted by Gasteiger charge is 2.32. The molecule has 328 valence electrons. The van der Waals surface area contributed by atoms with Crippen LogP contribution in [0.1, 0.15) is 56.1 Å². The maximum atomic E-state index is 13.2. The average molecular weight is 909 g/mol. The van der Waals surface area contributed by atoms with Crippen molar-refractivity contribution >= 4 is 68.7 Å². The molecule has 0 spiro atoms. The number of benzene rings is 4. The van der Waals surface area contributed by atoms with Crippen LogP contribution in [0.25, 0.3) is 21.8 Å². The molecule has 1 atom stereocenters. The minimum atomic E-state index is -4.86. The monoisotopic (exact) mass is 907 g/mol. The maximum Gasteiger partial charge on any atom is 0.573 e. The van der Waals surface area contributed by atoms with Gasteiger partial charge in [0.2, 0.25) is 5.91 Å². The topological polar surface area (TPSA) is 179 Å². The Balaban J connectivity index is 0.000000235. The second-order valence-electron chi connectivity index (χ2n) is 13.5. The highest BCUT2D eigenvalue weighted by Crippen LogP contribution is 2.39. The highest BCUT2D eigenvalue weighted by molar-refractivity contribution is 6.33. The molecule has 1 amide bonds. The number of nitrogens with zero attached hydrogens (tertiary/aromatic N) is 2. The van der Waals surface area contributed by atoms with Gasteiger partial charge in [-0.2, -0.15) is 8.78 Å². The van der Waals surface area contributed by atoms with E-state index < -0.39 is 48.3 Å². The number of halogens is 7. The summed E-state index contributed by atoms with van der Waals surface area (Å²) in [5.74, 6) is -3.84. The summed E-state index contributed by atoms with van der Waals surface area (Å²) in [4.78, 5) is 50.3. The number of aromatic nitrogens is 2. The number of methoxy groups -OCH3 is 1. The van der Waals surface area contributed by atoms with Gasteiger partial charge in [0, 0.05) is 39.8 Å². The Hall–Kier alpha value is -6.37. The van der Waals surface area contributed by atoms with Gasteiger partial charge in [-0.3, -0.25) is 28.3 Å². The van der Waals surface area contributed by atoms with Crippen molar-refractivity contribution in [1.82, 2.24) is 14.5 Å². The van der Waals surface area contributed by atoms with Crippen molar-refractivity contribution in [3.63, 3.8) is 0 Å². The number of hydrogen-bond donors (Lipinski definition) is 4. The first kappa shape index (κ1) is 46.7. The average Bonchev–Trinajstić information content (AvgIpc) is 3.63. The minimum Gasteiger partial charge on any atom is -0.506 e. The molecule has 0 bridgehead atoms. The molecule has 0 radical (unpaired) electrons. The summed E-state index contributed by atoms with van der Waals surface area (Å²) in [5.41, 5.74) is 2.74. The number of nitrogens with one attached hydrogen (secondary N) is 1. The number of carbonyl (C=O) groups excluding carboxylic acids is 3. The van der Waals surface area contributed by atoms with Gasteiger partial charge in [-0.05, 0) is 105 Å². The van der Waals surface area contributed by atoms with Crippen LogP contribution in [-0.4, -0.2) is 81.4 Å². The molecule has 1 unspecified atom stereocenters. The number of alkyl halides is 5. The van der Waals surface area contributed by atoms with Crippen LogP contribution in [-0.2, 0) is 16.0 Å². The second-order valence-corrected chi connectivity index (χ2v) is 14.3. The molecule has 0 saturated carbocycles. The zero-order valence-corrected chi connectivity index (χ0v) is 34.5. The lowest BCUT2D eigenvalue weighted by molar-refractivity contribution is -0.274.